The third-order valence-corrected chi connectivity index (χ3v) is 5.03. The van der Waals surface area contributed by atoms with Crippen LogP contribution in [0.5, 0.6) is 0 Å². The van der Waals surface area contributed by atoms with E-state index in [0.717, 1.165) is 0 Å². The average molecular weight is 259 g/mol. The summed E-state index contributed by atoms with van der Waals surface area (Å²) in [5, 5.41) is 3.84. The molecule has 1 saturated carbocycles. The fourth-order valence-corrected chi connectivity index (χ4v) is 3.42. The van der Waals surface area contributed by atoms with Crippen molar-refractivity contribution in [2.45, 2.75) is 65.3 Å². The molecular formula is C18H29N. The maximum atomic E-state index is 3.84. The van der Waals surface area contributed by atoms with Crippen molar-refractivity contribution in [1.82, 2.24) is 5.32 Å². The number of hydrogen-bond donors (Lipinski definition) is 1. The smallest absolute Gasteiger partial charge is 0.0317 e. The fourth-order valence-electron chi connectivity index (χ4n) is 3.42. The maximum Gasteiger partial charge on any atom is 0.0317 e. The van der Waals surface area contributed by atoms with Gasteiger partial charge in [0, 0.05) is 12.6 Å². The van der Waals surface area contributed by atoms with Gasteiger partial charge in [-0.25, -0.2) is 0 Å². The molecule has 0 spiro atoms. The number of rotatable bonds is 6. The third kappa shape index (κ3) is 3.60. The average Bonchev–Trinajstić information content (AvgIpc) is 2.91. The molecule has 0 heterocycles. The van der Waals surface area contributed by atoms with Crippen molar-refractivity contribution in [3.8, 4) is 0 Å². The molecule has 1 aromatic carbocycles. The van der Waals surface area contributed by atoms with Crippen LogP contribution in [0.3, 0.4) is 0 Å². The van der Waals surface area contributed by atoms with Gasteiger partial charge in [0.15, 0.2) is 0 Å². The van der Waals surface area contributed by atoms with Gasteiger partial charge < -0.3 is 5.32 Å². The molecule has 19 heavy (non-hydrogen) atoms. The van der Waals surface area contributed by atoms with E-state index in [2.05, 4.69) is 50.4 Å². The minimum Gasteiger partial charge on any atom is -0.309 e. The maximum absolute atomic E-state index is 3.84. The molecule has 0 bridgehead atoms. The highest BCUT2D eigenvalue weighted by atomic mass is 14.9. The molecule has 106 valence electrons. The summed E-state index contributed by atoms with van der Waals surface area (Å²) in [6.45, 7) is 7.99. The molecule has 0 radical (unpaired) electrons. The van der Waals surface area contributed by atoms with Gasteiger partial charge in [-0.1, -0.05) is 56.5 Å². The van der Waals surface area contributed by atoms with Gasteiger partial charge in [-0.15, -0.1) is 0 Å². The molecule has 0 aliphatic heterocycles. The highest BCUT2D eigenvalue weighted by Gasteiger charge is 2.32. The molecule has 0 aromatic heterocycles. The van der Waals surface area contributed by atoms with Crippen molar-refractivity contribution in [3.63, 3.8) is 0 Å². The first kappa shape index (κ1) is 14.6. The normalized spacial score (nSPS) is 19.5. The molecule has 1 heteroatoms. The number of nitrogens with one attached hydrogen (secondary N) is 1. The molecule has 2 rings (SSSR count). The zero-order chi connectivity index (χ0) is 13.7. The molecule has 1 aromatic rings. The summed E-state index contributed by atoms with van der Waals surface area (Å²) in [6, 6.07) is 9.54. The van der Waals surface area contributed by atoms with E-state index in [1.165, 1.54) is 56.2 Å². The van der Waals surface area contributed by atoms with Crippen LogP contribution in [0.1, 0.15) is 69.5 Å². The quantitative estimate of drug-likeness (QED) is 0.757. The molecule has 1 atom stereocenters. The number of benzene rings is 1. The van der Waals surface area contributed by atoms with Crippen LogP contribution >= 0.6 is 0 Å². The first-order valence-corrected chi connectivity index (χ1v) is 7.99. The molecule has 1 unspecified atom stereocenters. The molecule has 1 aliphatic carbocycles. The third-order valence-electron chi connectivity index (χ3n) is 5.03. The predicted octanol–water partition coefficient (Wildman–Crippen LogP) is 5.01. The number of aryl methyl sites for hydroxylation is 1. The zero-order valence-corrected chi connectivity index (χ0v) is 12.8. The molecule has 1 nitrogen and oxygen atoms in total. The Bertz CT molecular complexity index is 373. The van der Waals surface area contributed by atoms with Crippen molar-refractivity contribution in [1.29, 1.82) is 0 Å². The summed E-state index contributed by atoms with van der Waals surface area (Å²) in [4.78, 5) is 0. The lowest BCUT2D eigenvalue weighted by Gasteiger charge is -2.30. The summed E-state index contributed by atoms with van der Waals surface area (Å²) < 4.78 is 0. The molecular weight excluding hydrogens is 230 g/mol. The standard InChI is InChI=1S/C18H29N/c1-4-17(16-10-8-15(3)9-11-16)19-14-18(5-2)12-6-7-13-18/h8-11,17,19H,4-7,12-14H2,1-3H3. The largest absolute Gasteiger partial charge is 0.309 e. The molecule has 1 aliphatic rings. The minimum atomic E-state index is 0.518. The van der Waals surface area contributed by atoms with Crippen LogP contribution in [-0.2, 0) is 0 Å². The van der Waals surface area contributed by atoms with Crippen LogP contribution in [-0.4, -0.2) is 6.54 Å². The molecule has 1 N–H and O–H groups in total. The van der Waals surface area contributed by atoms with Gasteiger partial charge in [0.1, 0.15) is 0 Å². The summed E-state index contributed by atoms with van der Waals surface area (Å²) >= 11 is 0. The van der Waals surface area contributed by atoms with Crippen molar-refractivity contribution >= 4 is 0 Å². The lowest BCUT2D eigenvalue weighted by molar-refractivity contribution is 0.254. The van der Waals surface area contributed by atoms with Gasteiger partial charge >= 0.3 is 0 Å². The van der Waals surface area contributed by atoms with Crippen LogP contribution in [0.25, 0.3) is 0 Å². The second-order valence-electron chi connectivity index (χ2n) is 6.31. The van der Waals surface area contributed by atoms with Crippen LogP contribution in [0, 0.1) is 12.3 Å². The summed E-state index contributed by atoms with van der Waals surface area (Å²) in [6.07, 6.45) is 8.18. The Labute approximate surface area is 118 Å². The van der Waals surface area contributed by atoms with Gasteiger partial charge in [0.05, 0.1) is 0 Å². The van der Waals surface area contributed by atoms with Gasteiger partial charge in [0.25, 0.3) is 0 Å². The van der Waals surface area contributed by atoms with E-state index < -0.39 is 0 Å². The van der Waals surface area contributed by atoms with Gasteiger partial charge in [-0.2, -0.15) is 0 Å². The Hall–Kier alpha value is -0.820. The van der Waals surface area contributed by atoms with E-state index >= 15 is 0 Å². The van der Waals surface area contributed by atoms with Crippen LogP contribution < -0.4 is 5.32 Å². The molecule has 0 amide bonds. The zero-order valence-electron chi connectivity index (χ0n) is 12.8. The van der Waals surface area contributed by atoms with Crippen molar-refractivity contribution in [2.24, 2.45) is 5.41 Å². The van der Waals surface area contributed by atoms with Gasteiger partial charge in [-0.05, 0) is 43.6 Å². The van der Waals surface area contributed by atoms with Crippen molar-refractivity contribution in [3.05, 3.63) is 35.4 Å². The lowest BCUT2D eigenvalue weighted by Crippen LogP contribution is -2.34. The highest BCUT2D eigenvalue weighted by Crippen LogP contribution is 2.40. The second kappa shape index (κ2) is 6.56. The van der Waals surface area contributed by atoms with E-state index in [1.54, 1.807) is 0 Å². The molecule has 0 saturated heterocycles. The van der Waals surface area contributed by atoms with Gasteiger partial charge in [0.2, 0.25) is 0 Å². The minimum absolute atomic E-state index is 0.518. The topological polar surface area (TPSA) is 12.0 Å². The first-order valence-electron chi connectivity index (χ1n) is 7.99. The van der Waals surface area contributed by atoms with Gasteiger partial charge in [-0.3, -0.25) is 0 Å². The monoisotopic (exact) mass is 259 g/mol. The van der Waals surface area contributed by atoms with Crippen LogP contribution in [0.15, 0.2) is 24.3 Å². The van der Waals surface area contributed by atoms with Crippen molar-refractivity contribution in [2.75, 3.05) is 6.54 Å². The predicted molar refractivity (Wildman–Crippen MR) is 83.4 cm³/mol. The van der Waals surface area contributed by atoms with E-state index in [0.29, 0.717) is 11.5 Å². The highest BCUT2D eigenvalue weighted by molar-refractivity contribution is 5.24. The second-order valence-corrected chi connectivity index (χ2v) is 6.31. The van der Waals surface area contributed by atoms with E-state index in [1.807, 2.05) is 0 Å². The first-order chi connectivity index (χ1) is 9.19. The van der Waals surface area contributed by atoms with E-state index in [9.17, 15) is 0 Å². The Morgan fingerprint density at radius 3 is 2.26 bits per heavy atom. The SMILES string of the molecule is CCC(NCC1(CC)CCCC1)c1ccc(C)cc1. The Kier molecular flexibility index (Phi) is 5.04. The fraction of sp³-hybridized carbons (Fsp3) is 0.667. The van der Waals surface area contributed by atoms with E-state index in [-0.39, 0.29) is 0 Å². The lowest BCUT2D eigenvalue weighted by atomic mass is 9.83. The summed E-state index contributed by atoms with van der Waals surface area (Å²) in [5.74, 6) is 0. The summed E-state index contributed by atoms with van der Waals surface area (Å²) in [5.41, 5.74) is 3.37. The molecule has 1 fully saturated rings. The van der Waals surface area contributed by atoms with Crippen LogP contribution in [0.4, 0.5) is 0 Å². The van der Waals surface area contributed by atoms with E-state index in [4.69, 9.17) is 0 Å². The van der Waals surface area contributed by atoms with Crippen molar-refractivity contribution < 1.29 is 0 Å². The number of hydrogen-bond acceptors (Lipinski definition) is 1. The Morgan fingerprint density at radius 2 is 1.74 bits per heavy atom. The van der Waals surface area contributed by atoms with Crippen LogP contribution in [0.2, 0.25) is 0 Å². The summed E-state index contributed by atoms with van der Waals surface area (Å²) in [7, 11) is 0. The Balaban J connectivity index is 1.97. The Morgan fingerprint density at radius 1 is 1.11 bits per heavy atom.